The van der Waals surface area contributed by atoms with E-state index in [1.165, 1.54) is 22.2 Å². The Kier molecular flexibility index (Phi) is 5.55. The molecule has 3 aromatic rings. The van der Waals surface area contributed by atoms with Gasteiger partial charge in [-0.2, -0.15) is 0 Å². The molecule has 4 heteroatoms. The normalized spacial score (nSPS) is 15.5. The molecule has 0 radical (unpaired) electrons. The summed E-state index contributed by atoms with van der Waals surface area (Å²) in [7, 11) is 0. The molecule has 4 rings (SSSR count). The molecule has 0 atom stereocenters. The largest absolute Gasteiger partial charge is 0.379 e. The lowest BCUT2D eigenvalue weighted by Gasteiger charge is -2.26. The molecule has 0 N–H and O–H groups in total. The second-order valence-corrected chi connectivity index (χ2v) is 7.32. The van der Waals surface area contributed by atoms with Crippen molar-refractivity contribution < 1.29 is 9.13 Å². The maximum atomic E-state index is 14.2. The molecule has 2 heterocycles. The fourth-order valence-electron chi connectivity index (χ4n) is 4.12. The molecule has 0 bridgehead atoms. The first kappa shape index (κ1) is 18.2. The van der Waals surface area contributed by atoms with Crippen LogP contribution in [0.3, 0.4) is 0 Å². The summed E-state index contributed by atoms with van der Waals surface area (Å²) in [5, 5.41) is 1.30. The second kappa shape index (κ2) is 8.24. The Hall–Kier alpha value is -2.17. The fraction of sp³-hybridized carbons (Fsp3) is 0.391. The van der Waals surface area contributed by atoms with Gasteiger partial charge in [-0.15, -0.1) is 0 Å². The minimum Gasteiger partial charge on any atom is -0.379 e. The third-order valence-electron chi connectivity index (χ3n) is 5.65. The van der Waals surface area contributed by atoms with Crippen LogP contribution >= 0.6 is 0 Å². The van der Waals surface area contributed by atoms with Gasteiger partial charge in [0.2, 0.25) is 0 Å². The van der Waals surface area contributed by atoms with Gasteiger partial charge in [0.25, 0.3) is 0 Å². The van der Waals surface area contributed by atoms with Gasteiger partial charge in [0.15, 0.2) is 0 Å². The van der Waals surface area contributed by atoms with Crippen molar-refractivity contribution >= 4 is 10.9 Å². The van der Waals surface area contributed by atoms with Crippen molar-refractivity contribution in [1.29, 1.82) is 0 Å². The van der Waals surface area contributed by atoms with Crippen LogP contribution in [0.15, 0.2) is 48.5 Å². The van der Waals surface area contributed by atoms with E-state index in [9.17, 15) is 4.39 Å². The van der Waals surface area contributed by atoms with Crippen LogP contribution in [0.5, 0.6) is 0 Å². The standard InChI is InChI=1S/C23H27FN2O/c1-18-20(9-6-12-25-13-15-27-16-14-25)21-8-3-5-11-23(21)26(18)17-19-7-2-4-10-22(19)24/h2-5,7-8,10-11H,6,9,12-17H2,1H3. The van der Waals surface area contributed by atoms with Crippen molar-refractivity contribution in [3.05, 3.63) is 71.2 Å². The molecular weight excluding hydrogens is 339 g/mol. The average molecular weight is 366 g/mol. The predicted molar refractivity (Wildman–Crippen MR) is 108 cm³/mol. The Morgan fingerprint density at radius 3 is 2.56 bits per heavy atom. The number of aromatic nitrogens is 1. The Balaban J connectivity index is 1.57. The van der Waals surface area contributed by atoms with Crippen molar-refractivity contribution in [3.63, 3.8) is 0 Å². The highest BCUT2D eigenvalue weighted by atomic mass is 19.1. The number of hydrogen-bond donors (Lipinski definition) is 0. The van der Waals surface area contributed by atoms with Gasteiger partial charge in [0.1, 0.15) is 5.82 Å². The van der Waals surface area contributed by atoms with Gasteiger partial charge >= 0.3 is 0 Å². The maximum Gasteiger partial charge on any atom is 0.128 e. The molecule has 0 spiro atoms. The number of nitrogens with zero attached hydrogens (tertiary/aromatic N) is 2. The van der Waals surface area contributed by atoms with Crippen molar-refractivity contribution in [3.8, 4) is 0 Å². The quantitative estimate of drug-likeness (QED) is 0.643. The van der Waals surface area contributed by atoms with Crippen LogP contribution in [-0.4, -0.2) is 42.3 Å². The van der Waals surface area contributed by atoms with E-state index in [0.29, 0.717) is 6.54 Å². The van der Waals surface area contributed by atoms with E-state index in [4.69, 9.17) is 4.74 Å². The number of ether oxygens (including phenoxy) is 1. The number of hydrogen-bond acceptors (Lipinski definition) is 2. The fourth-order valence-corrected chi connectivity index (χ4v) is 4.12. The Morgan fingerprint density at radius 1 is 1.00 bits per heavy atom. The van der Waals surface area contributed by atoms with Gasteiger partial charge in [-0.3, -0.25) is 4.90 Å². The van der Waals surface area contributed by atoms with E-state index in [2.05, 4.69) is 40.7 Å². The summed E-state index contributed by atoms with van der Waals surface area (Å²) in [6.07, 6.45) is 2.18. The zero-order valence-electron chi connectivity index (χ0n) is 16.0. The first-order chi connectivity index (χ1) is 13.2. The van der Waals surface area contributed by atoms with Gasteiger partial charge < -0.3 is 9.30 Å². The minimum absolute atomic E-state index is 0.136. The van der Waals surface area contributed by atoms with Crippen molar-refractivity contribution in [2.45, 2.75) is 26.3 Å². The van der Waals surface area contributed by atoms with E-state index < -0.39 is 0 Å². The SMILES string of the molecule is Cc1c(CCCN2CCOCC2)c2ccccc2n1Cc1ccccc1F. The molecule has 0 unspecified atom stereocenters. The van der Waals surface area contributed by atoms with Crippen LogP contribution in [0.2, 0.25) is 0 Å². The number of fused-ring (bicyclic) bond motifs is 1. The van der Waals surface area contributed by atoms with E-state index in [1.54, 1.807) is 12.1 Å². The van der Waals surface area contributed by atoms with E-state index in [-0.39, 0.29) is 5.82 Å². The van der Waals surface area contributed by atoms with Crippen LogP contribution in [0.1, 0.15) is 23.2 Å². The topological polar surface area (TPSA) is 17.4 Å². The van der Waals surface area contributed by atoms with Crippen LogP contribution in [0.4, 0.5) is 4.39 Å². The lowest BCUT2D eigenvalue weighted by molar-refractivity contribution is 0.0375. The summed E-state index contributed by atoms with van der Waals surface area (Å²) < 4.78 is 21.9. The Bertz CT molecular complexity index is 912. The highest BCUT2D eigenvalue weighted by molar-refractivity contribution is 5.85. The van der Waals surface area contributed by atoms with Gasteiger partial charge in [-0.25, -0.2) is 4.39 Å². The number of benzene rings is 2. The first-order valence-electron chi connectivity index (χ1n) is 9.84. The molecule has 3 nitrogen and oxygen atoms in total. The molecule has 1 aromatic heterocycles. The van der Waals surface area contributed by atoms with Crippen molar-refractivity contribution in [1.82, 2.24) is 9.47 Å². The van der Waals surface area contributed by atoms with E-state index >= 15 is 0 Å². The van der Waals surface area contributed by atoms with Gasteiger partial charge in [0, 0.05) is 35.2 Å². The van der Waals surface area contributed by atoms with Crippen molar-refractivity contribution in [2.24, 2.45) is 0 Å². The lowest BCUT2D eigenvalue weighted by Crippen LogP contribution is -2.36. The summed E-state index contributed by atoms with van der Waals surface area (Å²) in [5.41, 5.74) is 4.58. The predicted octanol–water partition coefficient (Wildman–Crippen LogP) is 4.40. The number of para-hydroxylation sites is 1. The Morgan fingerprint density at radius 2 is 1.74 bits per heavy atom. The molecule has 142 valence electrons. The van der Waals surface area contributed by atoms with Crippen LogP contribution in [0, 0.1) is 12.7 Å². The summed E-state index contributed by atoms with van der Waals surface area (Å²) in [4.78, 5) is 2.48. The van der Waals surface area contributed by atoms with Crippen LogP contribution in [-0.2, 0) is 17.7 Å². The highest BCUT2D eigenvalue weighted by Gasteiger charge is 2.16. The molecule has 2 aromatic carbocycles. The molecule has 1 aliphatic rings. The number of aryl methyl sites for hydroxylation is 1. The third kappa shape index (κ3) is 3.92. The molecule has 27 heavy (non-hydrogen) atoms. The monoisotopic (exact) mass is 366 g/mol. The molecule has 1 fully saturated rings. The van der Waals surface area contributed by atoms with Crippen LogP contribution in [0.25, 0.3) is 10.9 Å². The minimum atomic E-state index is -0.136. The molecule has 1 aliphatic heterocycles. The zero-order valence-corrected chi connectivity index (χ0v) is 16.0. The summed E-state index contributed by atoms with van der Waals surface area (Å²) in [5.74, 6) is -0.136. The Labute approximate surface area is 160 Å². The van der Waals surface area contributed by atoms with Gasteiger partial charge in [-0.05, 0) is 44.0 Å². The third-order valence-corrected chi connectivity index (χ3v) is 5.65. The van der Waals surface area contributed by atoms with Gasteiger partial charge in [0.05, 0.1) is 19.8 Å². The summed E-state index contributed by atoms with van der Waals surface area (Å²) in [6, 6.07) is 15.6. The lowest BCUT2D eigenvalue weighted by atomic mass is 10.1. The molecule has 0 amide bonds. The highest BCUT2D eigenvalue weighted by Crippen LogP contribution is 2.28. The summed E-state index contributed by atoms with van der Waals surface area (Å²) >= 11 is 0. The van der Waals surface area contributed by atoms with Crippen molar-refractivity contribution in [2.75, 3.05) is 32.8 Å². The maximum absolute atomic E-state index is 14.2. The average Bonchev–Trinajstić information content (AvgIpc) is 2.96. The van der Waals surface area contributed by atoms with Crippen LogP contribution < -0.4 is 0 Å². The number of rotatable bonds is 6. The van der Waals surface area contributed by atoms with E-state index in [0.717, 1.165) is 51.3 Å². The molecular formula is C23H27FN2O. The molecule has 1 saturated heterocycles. The van der Waals surface area contributed by atoms with E-state index in [1.807, 2.05) is 12.1 Å². The molecule has 0 saturated carbocycles. The number of halogens is 1. The zero-order chi connectivity index (χ0) is 18.6. The second-order valence-electron chi connectivity index (χ2n) is 7.32. The van der Waals surface area contributed by atoms with Gasteiger partial charge in [-0.1, -0.05) is 36.4 Å². The summed E-state index contributed by atoms with van der Waals surface area (Å²) in [6.45, 7) is 7.62. The molecule has 0 aliphatic carbocycles. The first-order valence-corrected chi connectivity index (χ1v) is 9.84. The number of morpholine rings is 1. The smallest absolute Gasteiger partial charge is 0.128 e.